The molecule has 1 aromatic rings. The third kappa shape index (κ3) is 3.09. The molecule has 1 aromatic carbocycles. The molecule has 0 radical (unpaired) electrons. The van der Waals surface area contributed by atoms with Gasteiger partial charge in [-0.3, -0.25) is 4.79 Å². The molecule has 1 heterocycles. The summed E-state index contributed by atoms with van der Waals surface area (Å²) in [5.74, 6) is -1.22. The summed E-state index contributed by atoms with van der Waals surface area (Å²) >= 11 is 9.22. The predicted molar refractivity (Wildman–Crippen MR) is 75.5 cm³/mol. The van der Waals surface area contributed by atoms with E-state index in [1.54, 1.807) is 18.2 Å². The van der Waals surface area contributed by atoms with Crippen LogP contribution in [-0.4, -0.2) is 34.5 Å². The summed E-state index contributed by atoms with van der Waals surface area (Å²) in [6, 6.07) is 4.16. The van der Waals surface area contributed by atoms with Crippen LogP contribution in [0.1, 0.15) is 29.6 Å². The van der Waals surface area contributed by atoms with Crippen LogP contribution in [0.25, 0.3) is 0 Å². The lowest BCUT2D eigenvalue weighted by Crippen LogP contribution is -2.47. The van der Waals surface area contributed by atoms with Crippen LogP contribution in [0.15, 0.2) is 22.7 Å². The zero-order valence-corrected chi connectivity index (χ0v) is 12.4. The van der Waals surface area contributed by atoms with E-state index in [-0.39, 0.29) is 5.91 Å². The largest absolute Gasteiger partial charge is 0.480 e. The van der Waals surface area contributed by atoms with Gasteiger partial charge in [-0.15, -0.1) is 0 Å². The Bertz CT molecular complexity index is 521. The Morgan fingerprint density at radius 2 is 2.11 bits per heavy atom. The van der Waals surface area contributed by atoms with Gasteiger partial charge in [-0.2, -0.15) is 0 Å². The van der Waals surface area contributed by atoms with E-state index < -0.39 is 12.0 Å². The quantitative estimate of drug-likeness (QED) is 0.895. The number of likely N-dealkylation sites (tertiary alicyclic amines) is 1. The first kappa shape index (κ1) is 14.3. The van der Waals surface area contributed by atoms with Crippen molar-refractivity contribution in [1.82, 2.24) is 4.90 Å². The van der Waals surface area contributed by atoms with Gasteiger partial charge in [0.25, 0.3) is 5.91 Å². The second-order valence-corrected chi connectivity index (χ2v) is 5.74. The van der Waals surface area contributed by atoms with Crippen molar-refractivity contribution in [2.75, 3.05) is 6.54 Å². The zero-order valence-electron chi connectivity index (χ0n) is 10.1. The molecule has 0 spiro atoms. The highest BCUT2D eigenvalue weighted by atomic mass is 79.9. The molecule has 0 aromatic heterocycles. The van der Waals surface area contributed by atoms with Crippen LogP contribution in [0.5, 0.6) is 0 Å². The summed E-state index contributed by atoms with van der Waals surface area (Å²) in [7, 11) is 0. The molecular formula is C13H13BrClNO3. The van der Waals surface area contributed by atoms with Crippen molar-refractivity contribution < 1.29 is 14.7 Å². The topological polar surface area (TPSA) is 57.6 Å². The Labute approximate surface area is 124 Å². The molecule has 1 N–H and O–H groups in total. The van der Waals surface area contributed by atoms with E-state index in [9.17, 15) is 14.7 Å². The SMILES string of the molecule is O=C(O)C1CCCCN1C(=O)c1ccc(Br)c(Cl)c1. The molecule has 0 aliphatic carbocycles. The number of nitrogens with zero attached hydrogens (tertiary/aromatic N) is 1. The first-order valence-corrected chi connectivity index (χ1v) is 7.16. The van der Waals surface area contributed by atoms with Crippen LogP contribution in [0, 0.1) is 0 Å². The van der Waals surface area contributed by atoms with E-state index in [4.69, 9.17) is 11.6 Å². The van der Waals surface area contributed by atoms with Crippen molar-refractivity contribution in [3.05, 3.63) is 33.3 Å². The maximum absolute atomic E-state index is 12.4. The highest BCUT2D eigenvalue weighted by Crippen LogP contribution is 2.25. The summed E-state index contributed by atoms with van der Waals surface area (Å²) < 4.78 is 0.708. The number of piperidine rings is 1. The summed E-state index contributed by atoms with van der Waals surface area (Å²) in [5.41, 5.74) is 0.418. The number of halogens is 2. The molecule has 1 aliphatic heterocycles. The minimum atomic E-state index is -0.948. The number of benzene rings is 1. The number of amides is 1. The normalized spacial score (nSPS) is 19.3. The van der Waals surface area contributed by atoms with Gasteiger partial charge >= 0.3 is 5.97 Å². The predicted octanol–water partition coefficient (Wildman–Crippen LogP) is 3.18. The number of aliphatic carboxylic acids is 1. The fraction of sp³-hybridized carbons (Fsp3) is 0.385. The van der Waals surface area contributed by atoms with Gasteiger partial charge in [0.15, 0.2) is 0 Å². The van der Waals surface area contributed by atoms with Gasteiger partial charge in [-0.1, -0.05) is 11.6 Å². The van der Waals surface area contributed by atoms with E-state index in [1.165, 1.54) is 4.90 Å². The fourth-order valence-corrected chi connectivity index (χ4v) is 2.65. The molecule has 0 saturated carbocycles. The van der Waals surface area contributed by atoms with Crippen LogP contribution in [0.3, 0.4) is 0 Å². The number of hydrogen-bond acceptors (Lipinski definition) is 2. The van der Waals surface area contributed by atoms with E-state index >= 15 is 0 Å². The second-order valence-electron chi connectivity index (χ2n) is 4.48. The van der Waals surface area contributed by atoms with Gasteiger partial charge in [0.1, 0.15) is 6.04 Å². The Kier molecular flexibility index (Phi) is 4.47. The summed E-state index contributed by atoms with van der Waals surface area (Å²) in [4.78, 5) is 25.0. The van der Waals surface area contributed by atoms with Gasteiger partial charge in [0.05, 0.1) is 5.02 Å². The number of carbonyl (C=O) groups is 2. The van der Waals surface area contributed by atoms with E-state index in [2.05, 4.69) is 15.9 Å². The van der Waals surface area contributed by atoms with E-state index in [1.807, 2.05) is 0 Å². The maximum Gasteiger partial charge on any atom is 0.326 e. The third-order valence-electron chi connectivity index (χ3n) is 3.22. The molecule has 1 aliphatic rings. The van der Waals surface area contributed by atoms with Gasteiger partial charge < -0.3 is 10.0 Å². The van der Waals surface area contributed by atoms with Gasteiger partial charge in [-0.25, -0.2) is 4.79 Å². The lowest BCUT2D eigenvalue weighted by Gasteiger charge is -2.33. The molecule has 1 unspecified atom stereocenters. The lowest BCUT2D eigenvalue weighted by atomic mass is 10.0. The monoisotopic (exact) mass is 345 g/mol. The van der Waals surface area contributed by atoms with Crippen molar-refractivity contribution in [2.45, 2.75) is 25.3 Å². The molecule has 0 bridgehead atoms. The molecule has 102 valence electrons. The smallest absolute Gasteiger partial charge is 0.326 e. The third-order valence-corrected chi connectivity index (χ3v) is 4.45. The van der Waals surface area contributed by atoms with Crippen LogP contribution >= 0.6 is 27.5 Å². The van der Waals surface area contributed by atoms with E-state index in [0.717, 1.165) is 12.8 Å². The maximum atomic E-state index is 12.4. The second kappa shape index (κ2) is 5.92. The van der Waals surface area contributed by atoms with Gasteiger partial charge in [0.2, 0.25) is 0 Å². The zero-order chi connectivity index (χ0) is 14.0. The molecule has 4 nitrogen and oxygen atoms in total. The van der Waals surface area contributed by atoms with Gasteiger partial charge in [-0.05, 0) is 53.4 Å². The van der Waals surface area contributed by atoms with Crippen LogP contribution in [-0.2, 0) is 4.79 Å². The molecule has 6 heteroatoms. The van der Waals surface area contributed by atoms with Crippen molar-refractivity contribution in [3.8, 4) is 0 Å². The summed E-state index contributed by atoms with van der Waals surface area (Å²) in [6.45, 7) is 0.476. The summed E-state index contributed by atoms with van der Waals surface area (Å²) in [5, 5.41) is 9.62. The molecular weight excluding hydrogens is 334 g/mol. The summed E-state index contributed by atoms with van der Waals surface area (Å²) in [6.07, 6.45) is 2.17. The van der Waals surface area contributed by atoms with Crippen molar-refractivity contribution in [2.24, 2.45) is 0 Å². The van der Waals surface area contributed by atoms with Crippen LogP contribution in [0.4, 0.5) is 0 Å². The Morgan fingerprint density at radius 1 is 1.37 bits per heavy atom. The highest BCUT2D eigenvalue weighted by Gasteiger charge is 2.32. The Morgan fingerprint density at radius 3 is 2.74 bits per heavy atom. The minimum absolute atomic E-state index is 0.276. The lowest BCUT2D eigenvalue weighted by molar-refractivity contribution is -0.143. The average molecular weight is 347 g/mol. The standard InChI is InChI=1S/C13H13BrClNO3/c14-9-5-4-8(7-10(9)15)12(17)16-6-2-1-3-11(16)13(18)19/h4-5,7,11H,1-3,6H2,(H,18,19). The Hall–Kier alpha value is -1.07. The van der Waals surface area contributed by atoms with Crippen molar-refractivity contribution in [3.63, 3.8) is 0 Å². The van der Waals surface area contributed by atoms with Crippen LogP contribution in [0.2, 0.25) is 5.02 Å². The first-order valence-electron chi connectivity index (χ1n) is 5.99. The number of rotatable bonds is 2. The minimum Gasteiger partial charge on any atom is -0.480 e. The molecule has 1 atom stereocenters. The number of carboxylic acid groups (broad SMARTS) is 1. The molecule has 19 heavy (non-hydrogen) atoms. The molecule has 1 amide bonds. The Balaban J connectivity index is 2.26. The fourth-order valence-electron chi connectivity index (χ4n) is 2.23. The van der Waals surface area contributed by atoms with Gasteiger partial charge in [0, 0.05) is 16.6 Å². The average Bonchev–Trinajstić information content (AvgIpc) is 2.41. The molecule has 2 rings (SSSR count). The van der Waals surface area contributed by atoms with Crippen molar-refractivity contribution in [1.29, 1.82) is 0 Å². The number of carbonyl (C=O) groups excluding carboxylic acids is 1. The number of carboxylic acids is 1. The number of hydrogen-bond donors (Lipinski definition) is 1. The molecule has 1 saturated heterocycles. The van der Waals surface area contributed by atoms with Crippen molar-refractivity contribution >= 4 is 39.4 Å². The first-order chi connectivity index (χ1) is 9.00. The molecule has 1 fully saturated rings. The van der Waals surface area contributed by atoms with E-state index in [0.29, 0.717) is 28.0 Å². The van der Waals surface area contributed by atoms with Crippen LogP contribution < -0.4 is 0 Å². The highest BCUT2D eigenvalue weighted by molar-refractivity contribution is 9.10.